The Morgan fingerprint density at radius 2 is 1.93 bits per heavy atom. The highest BCUT2D eigenvalue weighted by Gasteiger charge is 2.59. The minimum atomic E-state index is -0.267. The van der Waals surface area contributed by atoms with Crippen LogP contribution in [0.4, 0.5) is 0 Å². The maximum absolute atomic E-state index is 13.1. The zero-order valence-electron chi connectivity index (χ0n) is 16.2. The van der Waals surface area contributed by atoms with Gasteiger partial charge in [0.25, 0.3) is 0 Å². The lowest BCUT2D eigenvalue weighted by Gasteiger charge is -2.51. The highest BCUT2D eigenvalue weighted by Crippen LogP contribution is 2.60. The molecule has 0 N–H and O–H groups in total. The average Bonchev–Trinajstić information content (AvgIpc) is 3.29. The van der Waals surface area contributed by atoms with E-state index < -0.39 is 0 Å². The number of amides is 1. The van der Waals surface area contributed by atoms with E-state index >= 15 is 0 Å². The molecule has 1 saturated heterocycles. The first-order valence-electron chi connectivity index (χ1n) is 10.3. The largest absolute Gasteiger partial charge is 0.454 e. The molecule has 2 aromatic rings. The quantitative estimate of drug-likeness (QED) is 0.656. The first-order valence-corrected chi connectivity index (χ1v) is 11.2. The monoisotopic (exact) mass is 405 g/mol. The standard InChI is InChI=1S/C24H23NO3S/c1-15-7-8-16-9-23(26)25-13-22(29-17-5-3-2-4-6-17)18-10-20-21(28-14-27-20)11-19(18)24(16,25)12-15/h2-6,10-11,16,22H,1,7-9,12-14H2/t16-,22+,24-/m0/s1. The second-order valence-electron chi connectivity index (χ2n) is 8.51. The van der Waals surface area contributed by atoms with Crippen LogP contribution in [0.5, 0.6) is 11.5 Å². The number of carbonyl (C=O) groups excluding carboxylic acids is 1. The first kappa shape index (κ1) is 17.5. The minimum absolute atomic E-state index is 0.172. The van der Waals surface area contributed by atoms with E-state index in [1.54, 1.807) is 0 Å². The third kappa shape index (κ3) is 2.49. The van der Waals surface area contributed by atoms with Crippen LogP contribution >= 0.6 is 11.8 Å². The van der Waals surface area contributed by atoms with E-state index in [1.807, 2.05) is 17.8 Å². The molecule has 2 aromatic carbocycles. The van der Waals surface area contributed by atoms with Gasteiger partial charge in [-0.3, -0.25) is 4.79 Å². The molecule has 0 unspecified atom stereocenters. The molecular weight excluding hydrogens is 382 g/mol. The van der Waals surface area contributed by atoms with Crippen LogP contribution in [-0.2, 0) is 10.3 Å². The van der Waals surface area contributed by atoms with Gasteiger partial charge in [0.15, 0.2) is 11.5 Å². The van der Waals surface area contributed by atoms with Gasteiger partial charge in [-0.05, 0) is 60.6 Å². The lowest BCUT2D eigenvalue weighted by molar-refractivity contribution is -0.132. The fraction of sp³-hybridized carbons (Fsp3) is 0.375. The maximum Gasteiger partial charge on any atom is 0.231 e. The third-order valence-electron chi connectivity index (χ3n) is 6.97. The summed E-state index contributed by atoms with van der Waals surface area (Å²) in [6.45, 7) is 5.31. The molecule has 148 valence electrons. The van der Waals surface area contributed by atoms with Gasteiger partial charge < -0.3 is 14.4 Å². The molecule has 3 atom stereocenters. The molecule has 4 nitrogen and oxygen atoms in total. The molecule has 0 radical (unpaired) electrons. The normalized spacial score (nSPS) is 29.4. The van der Waals surface area contributed by atoms with Crippen molar-refractivity contribution < 1.29 is 14.3 Å². The molecule has 4 aliphatic rings. The second-order valence-corrected chi connectivity index (χ2v) is 9.78. The highest BCUT2D eigenvalue weighted by atomic mass is 32.2. The zero-order chi connectivity index (χ0) is 19.6. The Morgan fingerprint density at radius 3 is 2.76 bits per heavy atom. The lowest BCUT2D eigenvalue weighted by Crippen LogP contribution is -2.53. The van der Waals surface area contributed by atoms with Crippen molar-refractivity contribution in [2.24, 2.45) is 5.92 Å². The van der Waals surface area contributed by atoms with Crippen molar-refractivity contribution in [1.82, 2.24) is 4.90 Å². The number of thioether (sulfide) groups is 1. The van der Waals surface area contributed by atoms with Crippen molar-refractivity contribution in [3.05, 3.63) is 65.7 Å². The summed E-state index contributed by atoms with van der Waals surface area (Å²) in [6.07, 6.45) is 3.56. The van der Waals surface area contributed by atoms with Gasteiger partial charge in [0.1, 0.15) is 0 Å². The summed E-state index contributed by atoms with van der Waals surface area (Å²) in [5, 5.41) is 0.172. The average molecular weight is 406 g/mol. The topological polar surface area (TPSA) is 38.8 Å². The van der Waals surface area contributed by atoms with Crippen molar-refractivity contribution in [1.29, 1.82) is 0 Å². The third-order valence-corrected chi connectivity index (χ3v) is 8.20. The van der Waals surface area contributed by atoms with E-state index in [4.69, 9.17) is 9.47 Å². The Hall–Kier alpha value is -2.40. The molecular formula is C24H23NO3S. The first-order chi connectivity index (χ1) is 14.1. The molecule has 1 aliphatic carbocycles. The van der Waals surface area contributed by atoms with Gasteiger partial charge in [0.05, 0.1) is 10.8 Å². The van der Waals surface area contributed by atoms with Crippen molar-refractivity contribution >= 4 is 17.7 Å². The predicted molar refractivity (Wildman–Crippen MR) is 112 cm³/mol. The Bertz CT molecular complexity index is 1020. The second kappa shape index (κ2) is 6.30. The lowest BCUT2D eigenvalue weighted by atomic mass is 9.65. The van der Waals surface area contributed by atoms with E-state index in [1.165, 1.54) is 21.6 Å². The number of benzene rings is 2. The van der Waals surface area contributed by atoms with E-state index in [0.29, 0.717) is 12.3 Å². The molecule has 1 saturated carbocycles. The van der Waals surface area contributed by atoms with Crippen LogP contribution < -0.4 is 9.47 Å². The summed E-state index contributed by atoms with van der Waals surface area (Å²) in [7, 11) is 0. The molecule has 5 heteroatoms. The molecule has 0 bridgehead atoms. The smallest absolute Gasteiger partial charge is 0.231 e. The van der Waals surface area contributed by atoms with Gasteiger partial charge in [0, 0.05) is 17.9 Å². The molecule has 1 amide bonds. The minimum Gasteiger partial charge on any atom is -0.454 e. The van der Waals surface area contributed by atoms with E-state index in [9.17, 15) is 4.79 Å². The van der Waals surface area contributed by atoms with Crippen LogP contribution in [0.2, 0.25) is 0 Å². The fourth-order valence-electron chi connectivity index (χ4n) is 5.71. The summed E-state index contributed by atoms with van der Waals surface area (Å²) in [6, 6.07) is 14.8. The fourth-order valence-corrected chi connectivity index (χ4v) is 6.90. The zero-order valence-corrected chi connectivity index (χ0v) is 17.0. The van der Waals surface area contributed by atoms with Crippen molar-refractivity contribution in [2.75, 3.05) is 13.3 Å². The number of ether oxygens (including phenoxy) is 2. The van der Waals surface area contributed by atoms with Crippen LogP contribution in [0.1, 0.15) is 42.1 Å². The number of fused-ring (bicyclic) bond motifs is 2. The summed E-state index contributed by atoms with van der Waals surface area (Å²) in [5.41, 5.74) is 3.52. The molecule has 2 fully saturated rings. The van der Waals surface area contributed by atoms with Gasteiger partial charge in [-0.15, -0.1) is 11.8 Å². The number of hydrogen-bond donors (Lipinski definition) is 0. The van der Waals surface area contributed by atoms with E-state index in [2.05, 4.69) is 47.9 Å². The van der Waals surface area contributed by atoms with Crippen molar-refractivity contribution in [3.8, 4) is 11.5 Å². The molecule has 6 rings (SSSR count). The van der Waals surface area contributed by atoms with Gasteiger partial charge >= 0.3 is 0 Å². The highest BCUT2D eigenvalue weighted by molar-refractivity contribution is 7.99. The van der Waals surface area contributed by atoms with Crippen LogP contribution in [0.3, 0.4) is 0 Å². The maximum atomic E-state index is 13.1. The molecule has 0 aromatic heterocycles. The van der Waals surface area contributed by atoms with Gasteiger partial charge in [-0.25, -0.2) is 0 Å². The molecule has 3 heterocycles. The molecule has 3 aliphatic heterocycles. The van der Waals surface area contributed by atoms with E-state index in [0.717, 1.165) is 37.3 Å². The summed E-state index contributed by atoms with van der Waals surface area (Å²) >= 11 is 1.83. The number of carbonyl (C=O) groups is 1. The Morgan fingerprint density at radius 1 is 1.14 bits per heavy atom. The Labute approximate surface area is 174 Å². The number of hydrogen-bond acceptors (Lipinski definition) is 4. The van der Waals surface area contributed by atoms with Gasteiger partial charge in [-0.1, -0.05) is 30.4 Å². The SMILES string of the molecule is C=C1CC[C@H]2CC(=O)N3C[C@@H](Sc4ccccc4)c4cc5c(cc4[C@]23C1)OCO5. The van der Waals surface area contributed by atoms with E-state index in [-0.39, 0.29) is 23.5 Å². The van der Waals surface area contributed by atoms with Crippen LogP contribution in [-0.4, -0.2) is 24.1 Å². The van der Waals surface area contributed by atoms with Crippen molar-refractivity contribution in [2.45, 2.75) is 41.4 Å². The molecule has 1 spiro atoms. The van der Waals surface area contributed by atoms with Crippen LogP contribution in [0.25, 0.3) is 0 Å². The van der Waals surface area contributed by atoms with Gasteiger partial charge in [0.2, 0.25) is 12.7 Å². The summed E-state index contributed by atoms with van der Waals surface area (Å²) in [5.74, 6) is 2.26. The number of rotatable bonds is 2. The van der Waals surface area contributed by atoms with Gasteiger partial charge in [-0.2, -0.15) is 0 Å². The predicted octanol–water partition coefficient (Wildman–Crippen LogP) is 5.05. The van der Waals surface area contributed by atoms with Crippen LogP contribution in [0, 0.1) is 5.92 Å². The Kier molecular flexibility index (Phi) is 3.79. The Balaban J connectivity index is 1.53. The molecule has 29 heavy (non-hydrogen) atoms. The number of nitrogens with zero attached hydrogens (tertiary/aromatic N) is 1. The summed E-state index contributed by atoms with van der Waals surface area (Å²) in [4.78, 5) is 16.5. The van der Waals surface area contributed by atoms with Crippen LogP contribution in [0.15, 0.2) is 59.5 Å². The van der Waals surface area contributed by atoms with Crippen molar-refractivity contribution in [3.63, 3.8) is 0 Å². The summed E-state index contributed by atoms with van der Waals surface area (Å²) < 4.78 is 11.5.